The highest BCUT2D eigenvalue weighted by Gasteiger charge is 2.31. The summed E-state index contributed by atoms with van der Waals surface area (Å²) in [5.41, 5.74) is 1.57. The molecule has 7 nitrogen and oxygen atoms in total. The molecule has 1 unspecified atom stereocenters. The van der Waals surface area contributed by atoms with Crippen LogP contribution in [0.4, 0.5) is 14.6 Å². The lowest BCUT2D eigenvalue weighted by molar-refractivity contribution is 0.381. The van der Waals surface area contributed by atoms with Crippen molar-refractivity contribution in [2.45, 2.75) is 22.7 Å². The molecule has 0 bridgehead atoms. The van der Waals surface area contributed by atoms with E-state index in [0.29, 0.717) is 35.7 Å². The second kappa shape index (κ2) is 8.55. The molecule has 170 valence electrons. The van der Waals surface area contributed by atoms with E-state index in [9.17, 15) is 8.78 Å². The summed E-state index contributed by atoms with van der Waals surface area (Å²) in [7, 11) is 0. The molecule has 0 amide bonds. The number of rotatable bonds is 4. The second-order valence-corrected chi connectivity index (χ2v) is 9.73. The molecule has 4 heterocycles. The highest BCUT2D eigenvalue weighted by atomic mass is 35.6. The van der Waals surface area contributed by atoms with Crippen molar-refractivity contribution >= 4 is 58.4 Å². The van der Waals surface area contributed by atoms with E-state index in [0.717, 1.165) is 18.6 Å². The maximum absolute atomic E-state index is 14.4. The van der Waals surface area contributed by atoms with E-state index >= 15 is 0 Å². The summed E-state index contributed by atoms with van der Waals surface area (Å²) in [6, 6.07) is 6.84. The molecule has 1 atom stereocenters. The van der Waals surface area contributed by atoms with Gasteiger partial charge in [-0.15, -0.1) is 5.10 Å². The molecule has 12 heteroatoms. The van der Waals surface area contributed by atoms with Gasteiger partial charge in [-0.3, -0.25) is 0 Å². The van der Waals surface area contributed by atoms with Gasteiger partial charge in [0.1, 0.15) is 17.5 Å². The van der Waals surface area contributed by atoms with Crippen molar-refractivity contribution in [3.63, 3.8) is 0 Å². The Morgan fingerprint density at radius 2 is 1.97 bits per heavy atom. The predicted octanol–water partition coefficient (Wildman–Crippen LogP) is 5.73. The van der Waals surface area contributed by atoms with Crippen LogP contribution in [-0.2, 0) is 3.79 Å². The summed E-state index contributed by atoms with van der Waals surface area (Å²) in [5.74, 6) is -0.212. The average Bonchev–Trinajstić information content (AvgIpc) is 3.52. The fraction of sp³-hybridized carbons (Fsp3) is 0.238. The van der Waals surface area contributed by atoms with Crippen LogP contribution in [0.5, 0.6) is 0 Å². The van der Waals surface area contributed by atoms with Gasteiger partial charge in [-0.1, -0.05) is 40.0 Å². The Hall–Kier alpha value is -2.75. The van der Waals surface area contributed by atoms with Crippen LogP contribution in [0.1, 0.15) is 41.9 Å². The monoisotopic (exact) mass is 510 g/mol. The fourth-order valence-corrected chi connectivity index (χ4v) is 4.09. The van der Waals surface area contributed by atoms with Crippen molar-refractivity contribution < 1.29 is 13.3 Å². The second-order valence-electron chi connectivity index (χ2n) is 7.45. The van der Waals surface area contributed by atoms with E-state index in [1.165, 1.54) is 6.07 Å². The first-order chi connectivity index (χ1) is 15.8. The summed E-state index contributed by atoms with van der Waals surface area (Å²) in [4.78, 5) is 10.3. The summed E-state index contributed by atoms with van der Waals surface area (Å²) in [6.07, 6.45) is 6.42. The van der Waals surface area contributed by atoms with Crippen LogP contribution in [0.25, 0.3) is 17.8 Å². The molecule has 4 aromatic rings. The molecule has 0 spiro atoms. The van der Waals surface area contributed by atoms with Crippen LogP contribution in [0, 0.1) is 11.6 Å². The lowest BCUT2D eigenvalue weighted by atomic mass is 10.0. The lowest BCUT2D eigenvalue weighted by Gasteiger charge is -2.26. The number of anilines is 1. The van der Waals surface area contributed by atoms with Crippen molar-refractivity contribution in [2.75, 3.05) is 11.4 Å². The number of imidazole rings is 1. The van der Waals surface area contributed by atoms with Crippen molar-refractivity contribution in [2.24, 2.45) is 0 Å². The molecule has 0 N–H and O–H groups in total. The van der Waals surface area contributed by atoms with E-state index in [4.69, 9.17) is 39.3 Å². The van der Waals surface area contributed by atoms with Crippen LogP contribution in [-0.4, -0.2) is 31.3 Å². The van der Waals surface area contributed by atoms with E-state index < -0.39 is 15.4 Å². The van der Waals surface area contributed by atoms with Crippen molar-refractivity contribution in [3.05, 3.63) is 71.1 Å². The molecule has 1 aromatic carbocycles. The summed E-state index contributed by atoms with van der Waals surface area (Å²) < 4.78 is 33.0. The SMILES string of the molecule is Fc1ccc(F)c(C2CCCN2c2ccc3ncc(C=Cc4noc(C(Cl)(Cl)Cl)n4)n3n2)c1. The number of halogens is 5. The first kappa shape index (κ1) is 22.1. The third-order valence-corrected chi connectivity index (χ3v) is 5.81. The Balaban J connectivity index is 1.46. The molecular weight excluding hydrogens is 497 g/mol. The highest BCUT2D eigenvalue weighted by Crippen LogP contribution is 2.37. The number of hydrogen-bond acceptors (Lipinski definition) is 6. The van der Waals surface area contributed by atoms with E-state index in [1.54, 1.807) is 22.9 Å². The highest BCUT2D eigenvalue weighted by molar-refractivity contribution is 6.66. The smallest absolute Gasteiger partial charge is 0.279 e. The van der Waals surface area contributed by atoms with Crippen LogP contribution >= 0.6 is 34.8 Å². The molecule has 1 aliphatic heterocycles. The van der Waals surface area contributed by atoms with Gasteiger partial charge in [0, 0.05) is 12.1 Å². The zero-order valence-electron chi connectivity index (χ0n) is 16.8. The van der Waals surface area contributed by atoms with Gasteiger partial charge in [0.25, 0.3) is 9.68 Å². The van der Waals surface area contributed by atoms with Gasteiger partial charge in [0.2, 0.25) is 0 Å². The fourth-order valence-electron chi connectivity index (χ4n) is 3.86. The Labute approximate surface area is 201 Å². The van der Waals surface area contributed by atoms with Gasteiger partial charge in [-0.2, -0.15) is 4.98 Å². The first-order valence-corrected chi connectivity index (χ1v) is 11.1. The number of benzene rings is 1. The van der Waals surface area contributed by atoms with Crippen LogP contribution in [0.2, 0.25) is 0 Å². The van der Waals surface area contributed by atoms with Crippen LogP contribution in [0.15, 0.2) is 41.1 Å². The summed E-state index contributed by atoms with van der Waals surface area (Å²) in [6.45, 7) is 0.668. The maximum Gasteiger partial charge on any atom is 0.279 e. The third kappa shape index (κ3) is 4.40. The Kier molecular flexibility index (Phi) is 5.72. The Morgan fingerprint density at radius 1 is 1.12 bits per heavy atom. The topological polar surface area (TPSA) is 72.4 Å². The molecule has 0 radical (unpaired) electrons. The lowest BCUT2D eigenvalue weighted by Crippen LogP contribution is -2.25. The molecule has 1 aliphatic rings. The average molecular weight is 512 g/mol. The predicted molar refractivity (Wildman–Crippen MR) is 121 cm³/mol. The molecular formula is C21H15Cl3F2N6O. The number of hydrogen-bond donors (Lipinski definition) is 0. The van der Waals surface area contributed by atoms with E-state index in [1.807, 2.05) is 17.0 Å². The molecule has 3 aromatic heterocycles. The minimum atomic E-state index is -1.81. The van der Waals surface area contributed by atoms with Gasteiger partial charge in [-0.25, -0.2) is 18.3 Å². The summed E-state index contributed by atoms with van der Waals surface area (Å²) >= 11 is 17.2. The van der Waals surface area contributed by atoms with Crippen molar-refractivity contribution in [3.8, 4) is 0 Å². The number of aromatic nitrogens is 5. The maximum atomic E-state index is 14.4. The van der Waals surface area contributed by atoms with Gasteiger partial charge >= 0.3 is 0 Å². The van der Waals surface area contributed by atoms with Crippen LogP contribution in [0.3, 0.4) is 0 Å². The molecule has 1 saturated heterocycles. The van der Waals surface area contributed by atoms with Gasteiger partial charge < -0.3 is 9.42 Å². The van der Waals surface area contributed by atoms with E-state index in [-0.39, 0.29) is 17.8 Å². The summed E-state index contributed by atoms with van der Waals surface area (Å²) in [5, 5.41) is 8.44. The molecule has 0 saturated carbocycles. The van der Waals surface area contributed by atoms with Gasteiger partial charge in [0.15, 0.2) is 11.5 Å². The quantitative estimate of drug-likeness (QED) is 0.326. The van der Waals surface area contributed by atoms with Crippen molar-refractivity contribution in [1.29, 1.82) is 0 Å². The number of nitrogens with zero attached hydrogens (tertiary/aromatic N) is 6. The molecule has 1 fully saturated rings. The van der Waals surface area contributed by atoms with Gasteiger partial charge in [-0.05, 0) is 55.3 Å². The zero-order valence-corrected chi connectivity index (χ0v) is 19.1. The first-order valence-electron chi connectivity index (χ1n) is 9.95. The standard InChI is InChI=1S/C21H15Cl3F2N6O/c22-21(23,24)20-28-17(30-33-20)6-4-13-11-27-18-7-8-19(29-32(13)18)31-9-1-2-16(31)14-10-12(25)3-5-15(14)26/h3-8,10-11,16H,1-2,9H2. The largest absolute Gasteiger partial charge is 0.348 e. The normalized spacial score (nSPS) is 17.0. The van der Waals surface area contributed by atoms with Gasteiger partial charge in [0.05, 0.1) is 17.9 Å². The Bertz CT molecular complexity index is 1350. The van der Waals surface area contributed by atoms with Crippen LogP contribution < -0.4 is 4.90 Å². The minimum absolute atomic E-state index is 0.143. The molecule has 5 rings (SSSR count). The number of fused-ring (bicyclic) bond motifs is 1. The third-order valence-electron chi connectivity index (χ3n) is 5.33. The van der Waals surface area contributed by atoms with Crippen molar-refractivity contribution in [1.82, 2.24) is 24.7 Å². The zero-order chi connectivity index (χ0) is 23.2. The minimum Gasteiger partial charge on any atom is -0.348 e. The van der Waals surface area contributed by atoms with E-state index in [2.05, 4.69) is 20.2 Å². The number of alkyl halides is 3. The molecule has 0 aliphatic carbocycles. The Morgan fingerprint density at radius 3 is 2.76 bits per heavy atom. The molecule has 33 heavy (non-hydrogen) atoms.